The fourth-order valence-electron chi connectivity index (χ4n) is 1.02. The van der Waals surface area contributed by atoms with Gasteiger partial charge in [-0.3, -0.25) is 0 Å². The summed E-state index contributed by atoms with van der Waals surface area (Å²) in [6, 6.07) is 5.51. The maximum atomic E-state index is 9.30. The average Bonchev–Trinajstić information content (AvgIpc) is 2.15. The van der Waals surface area contributed by atoms with Gasteiger partial charge in [0.05, 0.1) is 6.61 Å². The van der Waals surface area contributed by atoms with Crippen LogP contribution in [0.5, 0.6) is 5.88 Å². The molecule has 1 atom stereocenters. The molecular weight excluding hydrogens is 182 g/mol. The molecule has 1 unspecified atom stereocenters. The lowest BCUT2D eigenvalue weighted by molar-refractivity contribution is 0.0313. The molecule has 78 valence electrons. The molecule has 1 heterocycles. The zero-order valence-corrected chi connectivity index (χ0v) is 8.43. The monoisotopic (exact) mass is 197 g/mol. The van der Waals surface area contributed by atoms with E-state index in [0.717, 1.165) is 5.69 Å². The summed E-state index contributed by atoms with van der Waals surface area (Å²) in [6.07, 6.45) is -0.609. The second-order valence-electron chi connectivity index (χ2n) is 3.04. The first-order valence-electron chi connectivity index (χ1n) is 4.46. The second kappa shape index (κ2) is 5.57. The van der Waals surface area contributed by atoms with Crippen molar-refractivity contribution < 1.29 is 14.6 Å². The van der Waals surface area contributed by atoms with Crippen molar-refractivity contribution in [3.8, 4) is 5.88 Å². The van der Waals surface area contributed by atoms with E-state index in [1.165, 1.54) is 7.11 Å². The topological polar surface area (TPSA) is 51.6 Å². The highest BCUT2D eigenvalue weighted by Crippen LogP contribution is 2.06. The van der Waals surface area contributed by atoms with E-state index in [9.17, 15) is 5.11 Å². The second-order valence-corrected chi connectivity index (χ2v) is 3.04. The van der Waals surface area contributed by atoms with Gasteiger partial charge in [0.15, 0.2) is 0 Å². The molecule has 0 saturated carbocycles. The van der Waals surface area contributed by atoms with E-state index in [-0.39, 0.29) is 13.2 Å². The first-order chi connectivity index (χ1) is 6.72. The molecule has 0 radical (unpaired) electrons. The highest BCUT2D eigenvalue weighted by Gasteiger charge is 2.04. The molecule has 0 fully saturated rings. The van der Waals surface area contributed by atoms with Crippen LogP contribution < -0.4 is 4.74 Å². The summed E-state index contributed by atoms with van der Waals surface area (Å²) in [4.78, 5) is 4.13. The maximum Gasteiger partial charge on any atom is 0.213 e. The fourth-order valence-corrected chi connectivity index (χ4v) is 1.02. The molecule has 0 amide bonds. The van der Waals surface area contributed by atoms with E-state index < -0.39 is 6.10 Å². The van der Waals surface area contributed by atoms with Gasteiger partial charge < -0.3 is 14.6 Å². The van der Waals surface area contributed by atoms with Gasteiger partial charge in [0.1, 0.15) is 12.7 Å². The van der Waals surface area contributed by atoms with Gasteiger partial charge in [-0.2, -0.15) is 0 Å². The summed E-state index contributed by atoms with van der Waals surface area (Å²) in [5.74, 6) is 0.528. The van der Waals surface area contributed by atoms with Crippen molar-refractivity contribution in [1.82, 2.24) is 4.98 Å². The summed E-state index contributed by atoms with van der Waals surface area (Å²) >= 11 is 0. The quantitative estimate of drug-likeness (QED) is 0.757. The molecule has 0 aliphatic heterocycles. The molecule has 0 bridgehead atoms. The van der Waals surface area contributed by atoms with Crippen molar-refractivity contribution >= 4 is 0 Å². The third-order valence-electron chi connectivity index (χ3n) is 1.65. The zero-order valence-electron chi connectivity index (χ0n) is 8.43. The lowest BCUT2D eigenvalue weighted by Crippen LogP contribution is -2.22. The van der Waals surface area contributed by atoms with Gasteiger partial charge in [0, 0.05) is 18.9 Å². The van der Waals surface area contributed by atoms with Gasteiger partial charge in [-0.05, 0) is 13.0 Å². The first-order valence-corrected chi connectivity index (χ1v) is 4.46. The Morgan fingerprint density at radius 2 is 2.21 bits per heavy atom. The Hall–Kier alpha value is -1.13. The molecule has 0 aromatic carbocycles. The molecule has 4 nitrogen and oxygen atoms in total. The van der Waals surface area contributed by atoms with Crippen molar-refractivity contribution in [3.63, 3.8) is 0 Å². The summed E-state index contributed by atoms with van der Waals surface area (Å²) in [5.41, 5.74) is 0.892. The van der Waals surface area contributed by atoms with Crippen LogP contribution in [0, 0.1) is 6.92 Å². The molecule has 1 N–H and O–H groups in total. The number of nitrogens with zero attached hydrogens (tertiary/aromatic N) is 1. The van der Waals surface area contributed by atoms with Crippen LogP contribution in [-0.4, -0.2) is 36.5 Å². The Kier molecular flexibility index (Phi) is 4.35. The van der Waals surface area contributed by atoms with Gasteiger partial charge in [0.25, 0.3) is 0 Å². The predicted octanol–water partition coefficient (Wildman–Crippen LogP) is 0.776. The minimum Gasteiger partial charge on any atom is -0.475 e. The van der Waals surface area contributed by atoms with Crippen LogP contribution in [0.25, 0.3) is 0 Å². The van der Waals surface area contributed by atoms with E-state index in [1.54, 1.807) is 6.07 Å². The summed E-state index contributed by atoms with van der Waals surface area (Å²) < 4.78 is 10.0. The van der Waals surface area contributed by atoms with Crippen molar-refractivity contribution in [2.75, 3.05) is 20.3 Å². The molecule has 4 heteroatoms. The van der Waals surface area contributed by atoms with Crippen LogP contribution in [-0.2, 0) is 4.74 Å². The van der Waals surface area contributed by atoms with Gasteiger partial charge in [-0.1, -0.05) is 6.07 Å². The van der Waals surface area contributed by atoms with Gasteiger partial charge in [0.2, 0.25) is 5.88 Å². The fraction of sp³-hybridized carbons (Fsp3) is 0.500. The Bertz CT molecular complexity index is 278. The van der Waals surface area contributed by atoms with Crippen LogP contribution in [0.2, 0.25) is 0 Å². The minimum absolute atomic E-state index is 0.199. The van der Waals surface area contributed by atoms with Gasteiger partial charge in [-0.15, -0.1) is 0 Å². The largest absolute Gasteiger partial charge is 0.475 e. The van der Waals surface area contributed by atoms with Crippen molar-refractivity contribution in [1.29, 1.82) is 0 Å². The third kappa shape index (κ3) is 3.72. The number of rotatable bonds is 5. The SMILES string of the molecule is COCC(O)COc1cccc(C)n1. The number of methoxy groups -OCH3 is 1. The van der Waals surface area contributed by atoms with Gasteiger partial charge in [-0.25, -0.2) is 4.98 Å². The lowest BCUT2D eigenvalue weighted by Gasteiger charge is -2.10. The predicted molar refractivity (Wildman–Crippen MR) is 52.4 cm³/mol. The van der Waals surface area contributed by atoms with E-state index in [0.29, 0.717) is 5.88 Å². The molecular formula is C10H15NO3. The van der Waals surface area contributed by atoms with Crippen molar-refractivity contribution in [2.24, 2.45) is 0 Å². The lowest BCUT2D eigenvalue weighted by atomic mass is 10.4. The van der Waals surface area contributed by atoms with Crippen LogP contribution in [0.15, 0.2) is 18.2 Å². The van der Waals surface area contributed by atoms with E-state index >= 15 is 0 Å². The number of aliphatic hydroxyl groups excluding tert-OH is 1. The zero-order chi connectivity index (χ0) is 10.4. The highest BCUT2D eigenvalue weighted by atomic mass is 16.5. The van der Waals surface area contributed by atoms with Crippen LogP contribution >= 0.6 is 0 Å². The average molecular weight is 197 g/mol. The van der Waals surface area contributed by atoms with Crippen LogP contribution in [0.4, 0.5) is 0 Å². The normalized spacial score (nSPS) is 12.5. The molecule has 14 heavy (non-hydrogen) atoms. The van der Waals surface area contributed by atoms with Crippen molar-refractivity contribution in [2.45, 2.75) is 13.0 Å². The number of aromatic nitrogens is 1. The standard InChI is InChI=1S/C10H15NO3/c1-8-4-3-5-10(11-8)14-7-9(12)6-13-2/h3-5,9,12H,6-7H2,1-2H3. The molecule has 0 spiro atoms. The van der Waals surface area contributed by atoms with Crippen molar-refractivity contribution in [3.05, 3.63) is 23.9 Å². The minimum atomic E-state index is -0.609. The summed E-state index contributed by atoms with van der Waals surface area (Å²) in [7, 11) is 1.54. The Morgan fingerprint density at radius 3 is 2.86 bits per heavy atom. The summed E-state index contributed by atoms with van der Waals surface area (Å²) in [6.45, 7) is 2.36. The van der Waals surface area contributed by atoms with E-state index in [1.807, 2.05) is 19.1 Å². The number of ether oxygens (including phenoxy) is 2. The molecule has 0 aliphatic rings. The Labute approximate surface area is 83.5 Å². The smallest absolute Gasteiger partial charge is 0.213 e. The number of aryl methyl sites for hydroxylation is 1. The summed E-state index contributed by atoms with van der Waals surface area (Å²) in [5, 5.41) is 9.30. The van der Waals surface area contributed by atoms with Gasteiger partial charge >= 0.3 is 0 Å². The Morgan fingerprint density at radius 1 is 1.43 bits per heavy atom. The number of aliphatic hydroxyl groups is 1. The van der Waals surface area contributed by atoms with E-state index in [2.05, 4.69) is 4.98 Å². The molecule has 0 saturated heterocycles. The van der Waals surface area contributed by atoms with E-state index in [4.69, 9.17) is 9.47 Å². The van der Waals surface area contributed by atoms with Crippen LogP contribution in [0.3, 0.4) is 0 Å². The first kappa shape index (κ1) is 10.9. The third-order valence-corrected chi connectivity index (χ3v) is 1.65. The number of hydrogen-bond donors (Lipinski definition) is 1. The molecule has 1 aromatic rings. The number of hydrogen-bond acceptors (Lipinski definition) is 4. The number of pyridine rings is 1. The maximum absolute atomic E-state index is 9.30. The van der Waals surface area contributed by atoms with Crippen LogP contribution in [0.1, 0.15) is 5.69 Å². The molecule has 0 aliphatic carbocycles. The Balaban J connectivity index is 2.37. The molecule has 1 rings (SSSR count). The molecule has 1 aromatic heterocycles. The highest BCUT2D eigenvalue weighted by molar-refractivity contribution is 5.14.